The average Bonchev–Trinajstić information content (AvgIpc) is 3.53. The maximum absolute atomic E-state index is 12.0. The molecule has 1 N–H and O–H groups in total. The van der Waals surface area contributed by atoms with Crippen LogP contribution in [0.1, 0.15) is 61.8 Å². The molecule has 3 aromatic rings. The Labute approximate surface area is 272 Å². The van der Waals surface area contributed by atoms with Gasteiger partial charge in [0, 0.05) is 17.0 Å². The third-order valence-corrected chi connectivity index (χ3v) is 14.4. The second-order valence-electron chi connectivity index (χ2n) is 13.9. The molecule has 0 amide bonds. The van der Waals surface area contributed by atoms with E-state index in [1.54, 1.807) is 0 Å². The van der Waals surface area contributed by atoms with Gasteiger partial charge < -0.3 is 33.2 Å². The maximum atomic E-state index is 12.0. The Kier molecular flexibility index (Phi) is 9.76. The van der Waals surface area contributed by atoms with Crippen LogP contribution in [0, 0.1) is 0 Å². The second-order valence-corrected chi connectivity index (χ2v) is 19.0. The number of rotatable bonds is 8. The van der Waals surface area contributed by atoms with Gasteiger partial charge in [0.05, 0.1) is 19.8 Å². The van der Waals surface area contributed by atoms with E-state index in [1.165, 1.54) is 0 Å². The first kappa shape index (κ1) is 32.7. The van der Waals surface area contributed by atoms with Crippen molar-refractivity contribution >= 4 is 19.9 Å². The van der Waals surface area contributed by atoms with Crippen LogP contribution >= 0.6 is 11.6 Å². The summed E-state index contributed by atoms with van der Waals surface area (Å²) in [6.45, 7) is 12.7. The molecule has 3 aliphatic heterocycles. The zero-order valence-electron chi connectivity index (χ0n) is 26.8. The van der Waals surface area contributed by atoms with Crippen LogP contribution in [0.2, 0.25) is 23.2 Å². The Morgan fingerprint density at radius 1 is 0.933 bits per heavy atom. The first-order chi connectivity index (χ1) is 21.5. The van der Waals surface area contributed by atoms with E-state index in [1.807, 2.05) is 60.7 Å². The van der Waals surface area contributed by atoms with Gasteiger partial charge in [0.15, 0.2) is 14.6 Å². The molecule has 0 radical (unpaired) electrons. The van der Waals surface area contributed by atoms with Gasteiger partial charge in [-0.05, 0) is 59.4 Å². The lowest BCUT2D eigenvalue weighted by Gasteiger charge is -2.51. The number of halogens is 1. The summed E-state index contributed by atoms with van der Waals surface area (Å²) in [6.07, 6.45) is -2.01. The van der Waals surface area contributed by atoms with Crippen LogP contribution < -0.4 is 4.74 Å². The molecule has 0 aromatic heterocycles. The van der Waals surface area contributed by atoms with Gasteiger partial charge in [-0.1, -0.05) is 87.0 Å². The summed E-state index contributed by atoms with van der Waals surface area (Å²) in [5.41, 5.74) is 3.82. The summed E-state index contributed by atoms with van der Waals surface area (Å²) in [5, 5.41) is 12.6. The van der Waals surface area contributed by atoms with E-state index >= 15 is 0 Å². The molecule has 6 rings (SSSR count). The van der Waals surface area contributed by atoms with Crippen molar-refractivity contribution in [1.29, 1.82) is 0 Å². The van der Waals surface area contributed by atoms with E-state index in [0.717, 1.165) is 41.0 Å². The lowest BCUT2D eigenvalue weighted by Crippen LogP contribution is -2.63. The van der Waals surface area contributed by atoms with E-state index in [2.05, 4.69) is 46.0 Å². The minimum atomic E-state index is -2.30. The van der Waals surface area contributed by atoms with Gasteiger partial charge in [0.25, 0.3) is 0 Å². The molecule has 0 aliphatic carbocycles. The van der Waals surface area contributed by atoms with Crippen LogP contribution in [-0.4, -0.2) is 63.8 Å². The van der Waals surface area contributed by atoms with E-state index in [9.17, 15) is 5.11 Å². The van der Waals surface area contributed by atoms with Gasteiger partial charge in [0.1, 0.15) is 42.4 Å². The van der Waals surface area contributed by atoms with Gasteiger partial charge in [-0.15, -0.1) is 0 Å². The molecule has 7 nitrogen and oxygen atoms in total. The summed E-state index contributed by atoms with van der Waals surface area (Å²) in [7, 11) is -2.30. The number of hydrogen-bond acceptors (Lipinski definition) is 7. The number of benzene rings is 3. The highest BCUT2D eigenvalue weighted by molar-refractivity contribution is 6.74. The molecular formula is C36H45ClO7Si. The molecule has 3 fully saturated rings. The zero-order chi connectivity index (χ0) is 31.8. The number of ether oxygens (including phenoxy) is 5. The fourth-order valence-electron chi connectivity index (χ4n) is 5.91. The highest BCUT2D eigenvalue weighted by Gasteiger charge is 2.53. The predicted octanol–water partition coefficient (Wildman–Crippen LogP) is 7.40. The quantitative estimate of drug-likeness (QED) is 0.254. The molecule has 7 atom stereocenters. The minimum Gasteiger partial charge on any atom is -0.488 e. The predicted molar refractivity (Wildman–Crippen MR) is 176 cm³/mol. The van der Waals surface area contributed by atoms with E-state index < -0.39 is 45.1 Å². The molecule has 0 spiro atoms. The Morgan fingerprint density at radius 3 is 2.38 bits per heavy atom. The van der Waals surface area contributed by atoms with Crippen molar-refractivity contribution in [2.45, 2.75) is 94.7 Å². The van der Waals surface area contributed by atoms with Crippen molar-refractivity contribution in [3.8, 4) is 5.75 Å². The summed E-state index contributed by atoms with van der Waals surface area (Å²) in [5.74, 6) is 0.835. The number of aliphatic hydroxyl groups excluding tert-OH is 1. The van der Waals surface area contributed by atoms with Crippen LogP contribution in [-0.2, 0) is 29.8 Å². The van der Waals surface area contributed by atoms with Gasteiger partial charge in [-0.2, -0.15) is 0 Å². The first-order valence-electron chi connectivity index (χ1n) is 15.9. The lowest BCUT2D eigenvalue weighted by molar-refractivity contribution is -0.327. The Bertz CT molecular complexity index is 1420. The van der Waals surface area contributed by atoms with Crippen LogP contribution in [0.3, 0.4) is 0 Å². The summed E-state index contributed by atoms with van der Waals surface area (Å²) < 4.78 is 37.7. The second kappa shape index (κ2) is 13.5. The largest absolute Gasteiger partial charge is 0.488 e. The van der Waals surface area contributed by atoms with Crippen molar-refractivity contribution in [2.75, 3.05) is 19.8 Å². The minimum absolute atomic E-state index is 0.0566. The highest BCUT2D eigenvalue weighted by atomic mass is 35.5. The monoisotopic (exact) mass is 652 g/mol. The Morgan fingerprint density at radius 2 is 1.69 bits per heavy atom. The smallest absolute Gasteiger partial charge is 0.192 e. The van der Waals surface area contributed by atoms with Crippen LogP contribution in [0.15, 0.2) is 72.8 Å². The number of aliphatic hydroxyl groups is 1. The molecule has 3 saturated heterocycles. The topological polar surface area (TPSA) is 75.6 Å². The molecule has 45 heavy (non-hydrogen) atoms. The average molecular weight is 653 g/mol. The lowest BCUT2D eigenvalue weighted by atomic mass is 9.89. The summed E-state index contributed by atoms with van der Waals surface area (Å²) in [4.78, 5) is 0. The third-order valence-electron chi connectivity index (χ3n) is 9.57. The fraction of sp³-hybridized carbons (Fsp3) is 0.500. The van der Waals surface area contributed by atoms with E-state index in [-0.39, 0.29) is 11.1 Å². The van der Waals surface area contributed by atoms with Gasteiger partial charge >= 0.3 is 0 Å². The van der Waals surface area contributed by atoms with E-state index in [0.29, 0.717) is 24.7 Å². The molecule has 3 aliphatic rings. The van der Waals surface area contributed by atoms with Crippen LogP contribution in [0.25, 0.3) is 0 Å². The SMILES string of the molecule is CC(C)(C)[Si](C)(C)O[C@@H]1[C@@H](O)[C@H](c2ccc(Cl)c(Cc3ccc(O[C@H]4CCOC4)cc3)c2)O[C@@H]2COC(c3ccccc3)O[C@@H]12. The van der Waals surface area contributed by atoms with E-state index in [4.69, 9.17) is 39.7 Å². The molecule has 1 unspecified atom stereocenters. The first-order valence-corrected chi connectivity index (χ1v) is 19.2. The maximum Gasteiger partial charge on any atom is 0.192 e. The van der Waals surface area contributed by atoms with Gasteiger partial charge in [0.2, 0.25) is 0 Å². The van der Waals surface area contributed by atoms with Crippen LogP contribution in [0.5, 0.6) is 5.75 Å². The molecule has 3 aromatic carbocycles. The summed E-state index contributed by atoms with van der Waals surface area (Å²) in [6, 6.07) is 23.8. The number of fused-ring (bicyclic) bond motifs is 1. The van der Waals surface area contributed by atoms with Crippen molar-refractivity contribution < 1.29 is 33.2 Å². The standard InChI is InChI=1S/C36H45ClO7Si/c1-36(2,3)45(4,5)44-34-31(38)32(42-30-22-40-35(43-33(30)34)24-9-7-6-8-10-24)25-13-16-29(37)26(20-25)19-23-11-14-27(15-12-23)41-28-17-18-39-21-28/h6-16,20,28,30-35,38H,17-19,21-22H2,1-5H3/t28-,30+,31-,32-,33+,34+,35?/m0/s1. The summed E-state index contributed by atoms with van der Waals surface area (Å²) >= 11 is 6.72. The van der Waals surface area contributed by atoms with Crippen molar-refractivity contribution in [1.82, 2.24) is 0 Å². The van der Waals surface area contributed by atoms with Crippen molar-refractivity contribution in [3.63, 3.8) is 0 Å². The number of hydrogen-bond donors (Lipinski definition) is 1. The zero-order valence-corrected chi connectivity index (χ0v) is 28.5. The molecule has 0 bridgehead atoms. The highest BCUT2D eigenvalue weighted by Crippen LogP contribution is 2.45. The Balaban J connectivity index is 1.24. The molecule has 242 valence electrons. The fourth-order valence-corrected chi connectivity index (χ4v) is 7.41. The van der Waals surface area contributed by atoms with Gasteiger partial charge in [-0.3, -0.25) is 0 Å². The molecule has 3 heterocycles. The van der Waals surface area contributed by atoms with Crippen LogP contribution in [0.4, 0.5) is 0 Å². The molecule has 9 heteroatoms. The normalized spacial score (nSPS) is 28.9. The molecular weight excluding hydrogens is 608 g/mol. The molecule has 0 saturated carbocycles. The van der Waals surface area contributed by atoms with Crippen molar-refractivity contribution in [3.05, 3.63) is 100 Å². The van der Waals surface area contributed by atoms with Gasteiger partial charge in [-0.25, -0.2) is 0 Å². The Hall–Kier alpha value is -2.27. The third kappa shape index (κ3) is 7.34. The van der Waals surface area contributed by atoms with Crippen molar-refractivity contribution in [2.24, 2.45) is 0 Å².